The average molecular weight is 868 g/mol. The molecule has 2 aromatic heterocycles. The number of piperazine rings is 1. The predicted octanol–water partition coefficient (Wildman–Crippen LogP) is 8.80. The van der Waals surface area contributed by atoms with E-state index in [1.807, 2.05) is 18.2 Å². The molecule has 3 N–H and O–H groups in total. The summed E-state index contributed by atoms with van der Waals surface area (Å²) in [5, 5.41) is 16.6. The van der Waals surface area contributed by atoms with E-state index in [0.29, 0.717) is 24.5 Å². The van der Waals surface area contributed by atoms with Crippen LogP contribution in [0.1, 0.15) is 68.3 Å². The summed E-state index contributed by atoms with van der Waals surface area (Å²) in [6.07, 6.45) is 9.17. The lowest BCUT2D eigenvalue weighted by Crippen LogP contribution is -2.47. The number of amides is 1. The van der Waals surface area contributed by atoms with Crippen LogP contribution in [0.3, 0.4) is 0 Å². The molecule has 3 aliphatic rings. The van der Waals surface area contributed by atoms with Crippen LogP contribution in [0.25, 0.3) is 16.6 Å². The maximum Gasteiger partial charge on any atom is 0.293 e. The van der Waals surface area contributed by atoms with Crippen LogP contribution in [0.5, 0.6) is 11.5 Å². The quantitative estimate of drug-likeness (QED) is 0.0763. The molecule has 8 rings (SSSR count). The highest BCUT2D eigenvalue weighted by molar-refractivity contribution is 7.90. The number of fused-ring (bicyclic) bond motifs is 1. The Bertz CT molecular complexity index is 2560. The molecular weight excluding hydrogens is 818 g/mol. The van der Waals surface area contributed by atoms with Crippen molar-refractivity contribution in [1.29, 1.82) is 0 Å². The molecule has 16 heteroatoms. The number of nitro benzene ring substituents is 1. The Labute approximate surface area is 360 Å². The third-order valence-electron chi connectivity index (χ3n) is 11.8. The van der Waals surface area contributed by atoms with Crippen molar-refractivity contribution in [2.75, 3.05) is 56.1 Å². The Hall–Kier alpha value is -5.48. The van der Waals surface area contributed by atoms with Crippen molar-refractivity contribution in [3.63, 3.8) is 0 Å². The number of ether oxygens (including phenoxy) is 2. The highest BCUT2D eigenvalue weighted by Crippen LogP contribution is 2.43. The van der Waals surface area contributed by atoms with Gasteiger partial charge in [0.05, 0.1) is 27.7 Å². The molecule has 320 valence electrons. The number of rotatable bonds is 13. The van der Waals surface area contributed by atoms with E-state index in [-0.39, 0.29) is 28.5 Å². The fourth-order valence-electron chi connectivity index (χ4n) is 8.39. The van der Waals surface area contributed by atoms with Crippen LogP contribution in [0.4, 0.5) is 17.1 Å². The van der Waals surface area contributed by atoms with Crippen LogP contribution >= 0.6 is 11.6 Å². The Morgan fingerprint density at radius 1 is 1.05 bits per heavy atom. The van der Waals surface area contributed by atoms with Crippen molar-refractivity contribution in [2.45, 2.75) is 63.4 Å². The second-order valence-electron chi connectivity index (χ2n) is 16.8. The number of aromatic nitrogens is 2. The number of pyridine rings is 1. The van der Waals surface area contributed by atoms with Gasteiger partial charge in [-0.25, -0.2) is 18.1 Å². The molecule has 2 saturated heterocycles. The summed E-state index contributed by atoms with van der Waals surface area (Å²) in [6.45, 7) is 9.61. The van der Waals surface area contributed by atoms with Gasteiger partial charge in [0, 0.05) is 80.3 Å². The molecular formula is C45H50ClN7O7S. The molecule has 1 amide bonds. The third-order valence-corrected chi connectivity index (χ3v) is 13.4. The monoisotopic (exact) mass is 867 g/mol. The second-order valence-corrected chi connectivity index (χ2v) is 18.9. The maximum atomic E-state index is 13.9. The fraction of sp³-hybridized carbons (Fsp3) is 0.378. The predicted molar refractivity (Wildman–Crippen MR) is 237 cm³/mol. The highest BCUT2D eigenvalue weighted by atomic mass is 35.5. The van der Waals surface area contributed by atoms with Crippen molar-refractivity contribution in [3.8, 4) is 11.5 Å². The molecule has 5 aromatic rings. The van der Waals surface area contributed by atoms with Gasteiger partial charge in [-0.1, -0.05) is 43.2 Å². The van der Waals surface area contributed by atoms with E-state index in [2.05, 4.69) is 55.8 Å². The van der Waals surface area contributed by atoms with Gasteiger partial charge in [0.15, 0.2) is 0 Å². The molecule has 1 aliphatic carbocycles. The summed E-state index contributed by atoms with van der Waals surface area (Å²) in [5.41, 5.74) is 5.48. The number of benzene rings is 3. The fourth-order valence-corrected chi connectivity index (χ4v) is 9.50. The molecule has 0 saturated carbocycles. The largest absolute Gasteiger partial charge is 0.455 e. The van der Waals surface area contributed by atoms with Crippen molar-refractivity contribution < 1.29 is 27.6 Å². The minimum atomic E-state index is -4.56. The number of allylic oxidation sites excluding steroid dienone is 1. The van der Waals surface area contributed by atoms with Crippen molar-refractivity contribution in [2.24, 2.45) is 5.41 Å². The number of nitrogens with zero attached hydrogens (tertiary/aromatic N) is 4. The zero-order chi connectivity index (χ0) is 42.7. The number of carbonyl (C=O) groups is 1. The summed E-state index contributed by atoms with van der Waals surface area (Å²) in [6, 6.07) is 20.4. The SMILES string of the molecule is CC1(C)CCC(CN2CCN(c3ccc(C(=O)NS(=O)(=O)c4ccc(NCC5CCCCO5)c([N+](=O)[O-])c4)c(Oc4cnc5[nH]ccc5c4)c3)CC2)=C(c2ccc(Cl)cc2)C1. The number of hydrogen-bond donors (Lipinski definition) is 3. The Morgan fingerprint density at radius 3 is 2.61 bits per heavy atom. The van der Waals surface area contributed by atoms with Crippen LogP contribution in [0.2, 0.25) is 5.02 Å². The summed E-state index contributed by atoms with van der Waals surface area (Å²) in [7, 11) is -4.56. The van der Waals surface area contributed by atoms with Gasteiger partial charge in [0.1, 0.15) is 22.8 Å². The van der Waals surface area contributed by atoms with Gasteiger partial charge in [-0.15, -0.1) is 0 Å². The molecule has 2 aliphatic heterocycles. The molecule has 0 spiro atoms. The number of aromatic amines is 1. The van der Waals surface area contributed by atoms with Crippen LogP contribution in [0.15, 0.2) is 95.7 Å². The maximum absolute atomic E-state index is 13.9. The summed E-state index contributed by atoms with van der Waals surface area (Å²) in [5.74, 6) is -0.479. The number of nitrogens with one attached hydrogen (secondary N) is 3. The molecule has 0 radical (unpaired) electrons. The average Bonchev–Trinajstić information content (AvgIpc) is 3.72. The van der Waals surface area contributed by atoms with E-state index in [0.717, 1.165) is 93.4 Å². The van der Waals surface area contributed by atoms with Crippen LogP contribution < -0.4 is 19.7 Å². The van der Waals surface area contributed by atoms with E-state index < -0.39 is 31.4 Å². The smallest absolute Gasteiger partial charge is 0.293 e. The topological polar surface area (TPSA) is 172 Å². The summed E-state index contributed by atoms with van der Waals surface area (Å²) < 4.78 is 41.5. The standard InChI is InChI=1S/C45H50ClN7O7S/c1-45(2)16-14-32(39(26-45)30-6-8-33(46)9-7-30)29-51-18-20-52(21-19-51)34-10-12-38(42(24-34)60-36-23-31-15-17-47-43(31)49-28-36)44(54)50-61(57,58)37-11-13-40(41(25-37)53(55)56)48-27-35-5-3-4-22-59-35/h6-13,15,17,23-25,28,35,48H,3-5,14,16,18-22,26-27,29H2,1-2H3,(H,47,49)(H,50,54). The summed E-state index contributed by atoms with van der Waals surface area (Å²) in [4.78, 5) is 37.1. The number of anilines is 2. The first-order valence-corrected chi connectivity index (χ1v) is 22.6. The molecule has 14 nitrogen and oxygen atoms in total. The number of halogens is 1. The minimum Gasteiger partial charge on any atom is -0.455 e. The first-order valence-electron chi connectivity index (χ1n) is 20.7. The van der Waals surface area contributed by atoms with Gasteiger partial charge in [-0.2, -0.15) is 0 Å². The van der Waals surface area contributed by atoms with Crippen molar-refractivity contribution >= 4 is 61.2 Å². The molecule has 3 aromatic carbocycles. The Kier molecular flexibility index (Phi) is 12.4. The number of nitro groups is 1. The van der Waals surface area contributed by atoms with Gasteiger partial charge in [0.2, 0.25) is 0 Å². The van der Waals surface area contributed by atoms with Gasteiger partial charge in [-0.3, -0.25) is 19.8 Å². The molecule has 4 heterocycles. The Morgan fingerprint density at radius 2 is 1.85 bits per heavy atom. The van der Waals surface area contributed by atoms with E-state index in [9.17, 15) is 23.3 Å². The summed E-state index contributed by atoms with van der Waals surface area (Å²) >= 11 is 6.24. The number of H-pyrrole nitrogens is 1. The lowest BCUT2D eigenvalue weighted by Gasteiger charge is -2.39. The van der Waals surface area contributed by atoms with Crippen molar-refractivity contribution in [1.82, 2.24) is 19.6 Å². The van der Waals surface area contributed by atoms with Gasteiger partial charge < -0.3 is 24.7 Å². The molecule has 2 fully saturated rings. The van der Waals surface area contributed by atoms with Crippen LogP contribution in [0, 0.1) is 15.5 Å². The zero-order valence-corrected chi connectivity index (χ0v) is 35.9. The first-order chi connectivity index (χ1) is 29.3. The van der Waals surface area contributed by atoms with Gasteiger partial charge >= 0.3 is 0 Å². The number of carbonyl (C=O) groups excluding carboxylic acids is 1. The highest BCUT2D eigenvalue weighted by Gasteiger charge is 2.31. The zero-order valence-electron chi connectivity index (χ0n) is 34.3. The van der Waals surface area contributed by atoms with E-state index in [4.69, 9.17) is 21.1 Å². The Balaban J connectivity index is 1.00. The number of sulfonamides is 1. The lowest BCUT2D eigenvalue weighted by atomic mass is 9.72. The lowest BCUT2D eigenvalue weighted by molar-refractivity contribution is -0.384. The molecule has 1 atom stereocenters. The van der Waals surface area contributed by atoms with Gasteiger partial charge in [-0.05, 0) is 104 Å². The van der Waals surface area contributed by atoms with E-state index >= 15 is 0 Å². The third kappa shape index (κ3) is 10.0. The molecule has 1 unspecified atom stereocenters. The second kappa shape index (κ2) is 17.9. The normalized spacial score (nSPS) is 18.5. The van der Waals surface area contributed by atoms with E-state index in [1.54, 1.807) is 30.5 Å². The molecule has 61 heavy (non-hydrogen) atoms. The molecule has 0 bridgehead atoms. The van der Waals surface area contributed by atoms with E-state index in [1.165, 1.54) is 35.0 Å². The number of hydrogen-bond acceptors (Lipinski definition) is 11. The minimum absolute atomic E-state index is 0.0396. The van der Waals surface area contributed by atoms with Gasteiger partial charge in [0.25, 0.3) is 21.6 Å². The van der Waals surface area contributed by atoms with Crippen molar-refractivity contribution in [3.05, 3.63) is 117 Å². The van der Waals surface area contributed by atoms with Crippen LogP contribution in [-0.4, -0.2) is 86.1 Å². The van der Waals surface area contributed by atoms with Crippen LogP contribution in [-0.2, 0) is 14.8 Å². The first kappa shape index (κ1) is 42.2.